The molecule has 2 rings (SSSR count). The van der Waals surface area contributed by atoms with Crippen LogP contribution < -0.4 is 10.1 Å². The molecule has 0 amide bonds. The van der Waals surface area contributed by atoms with E-state index in [1.807, 2.05) is 24.8 Å². The third kappa shape index (κ3) is 3.94. The molecule has 19 heavy (non-hydrogen) atoms. The van der Waals surface area contributed by atoms with Gasteiger partial charge in [0.1, 0.15) is 11.9 Å². The van der Waals surface area contributed by atoms with Crippen molar-refractivity contribution in [2.24, 2.45) is 5.92 Å². The highest BCUT2D eigenvalue weighted by atomic mass is 35.5. The topological polar surface area (TPSA) is 21.3 Å². The van der Waals surface area contributed by atoms with E-state index in [1.54, 1.807) is 6.07 Å². The summed E-state index contributed by atoms with van der Waals surface area (Å²) in [5.74, 6) is 2.31. The molecule has 1 fully saturated rings. The smallest absolute Gasteiger partial charge is 0.141 e. The Bertz CT molecular complexity index is 412. The molecule has 1 saturated heterocycles. The fraction of sp³-hybridized carbons (Fsp3) is 0.571. The van der Waals surface area contributed by atoms with Gasteiger partial charge in [-0.15, -0.1) is 0 Å². The Morgan fingerprint density at radius 1 is 1.47 bits per heavy atom. The Labute approximate surface area is 129 Å². The minimum Gasteiger partial charge on any atom is -0.487 e. The van der Waals surface area contributed by atoms with Gasteiger partial charge in [-0.1, -0.05) is 23.2 Å². The van der Waals surface area contributed by atoms with E-state index in [9.17, 15) is 0 Å². The molecule has 1 aromatic carbocycles. The van der Waals surface area contributed by atoms with Crippen molar-refractivity contribution < 1.29 is 4.74 Å². The molecule has 106 valence electrons. The highest BCUT2D eigenvalue weighted by molar-refractivity contribution is 7.98. The fourth-order valence-electron chi connectivity index (χ4n) is 2.41. The largest absolute Gasteiger partial charge is 0.487 e. The number of halogens is 2. The first kappa shape index (κ1) is 15.3. The van der Waals surface area contributed by atoms with Gasteiger partial charge < -0.3 is 10.1 Å². The number of hydrogen-bond donors (Lipinski definition) is 1. The SMILES string of the molecule is CSC[C@@H](Oc1c(C)cc(Cl)cc1Cl)C1CCNC1. The fourth-order valence-corrected chi connectivity index (χ4v) is 3.72. The standard InChI is InChI=1S/C14H19Cl2NOS/c1-9-5-11(15)6-12(16)14(9)18-13(8-19-2)10-3-4-17-7-10/h5-6,10,13,17H,3-4,7-8H2,1-2H3/t10?,13-/m1/s1. The average Bonchev–Trinajstić information content (AvgIpc) is 2.85. The molecule has 1 aromatic rings. The van der Waals surface area contributed by atoms with Crippen LogP contribution in [0.15, 0.2) is 12.1 Å². The second kappa shape index (κ2) is 7.07. The zero-order valence-electron chi connectivity index (χ0n) is 11.2. The van der Waals surface area contributed by atoms with E-state index >= 15 is 0 Å². The van der Waals surface area contributed by atoms with Gasteiger partial charge >= 0.3 is 0 Å². The summed E-state index contributed by atoms with van der Waals surface area (Å²) in [6.07, 6.45) is 3.47. The van der Waals surface area contributed by atoms with Crippen LogP contribution in [0.1, 0.15) is 12.0 Å². The first-order valence-corrected chi connectivity index (χ1v) is 8.58. The molecule has 0 radical (unpaired) electrons. The van der Waals surface area contributed by atoms with Crippen molar-refractivity contribution in [3.8, 4) is 5.75 Å². The predicted molar refractivity (Wildman–Crippen MR) is 85.0 cm³/mol. The molecule has 0 saturated carbocycles. The number of thioether (sulfide) groups is 1. The van der Waals surface area contributed by atoms with Crippen molar-refractivity contribution in [1.82, 2.24) is 5.32 Å². The van der Waals surface area contributed by atoms with Crippen LogP contribution in [0.2, 0.25) is 10.0 Å². The molecule has 1 aliphatic heterocycles. The van der Waals surface area contributed by atoms with Gasteiger partial charge in [0.05, 0.1) is 5.02 Å². The zero-order chi connectivity index (χ0) is 13.8. The molecule has 0 spiro atoms. The summed E-state index contributed by atoms with van der Waals surface area (Å²) in [6, 6.07) is 3.64. The van der Waals surface area contributed by atoms with E-state index < -0.39 is 0 Å². The Hall–Kier alpha value is -0.0900. The lowest BCUT2D eigenvalue weighted by Crippen LogP contribution is -2.31. The molecule has 1 heterocycles. The second-order valence-corrected chi connectivity index (χ2v) is 6.65. The van der Waals surface area contributed by atoms with Gasteiger partial charge in [0.25, 0.3) is 0 Å². The summed E-state index contributed by atoms with van der Waals surface area (Å²) in [5.41, 5.74) is 0.995. The van der Waals surface area contributed by atoms with Crippen LogP contribution in [-0.2, 0) is 0 Å². The Morgan fingerprint density at radius 2 is 2.26 bits per heavy atom. The zero-order valence-corrected chi connectivity index (χ0v) is 13.5. The number of aryl methyl sites for hydroxylation is 1. The average molecular weight is 320 g/mol. The van der Waals surface area contributed by atoms with Crippen molar-refractivity contribution in [1.29, 1.82) is 0 Å². The Balaban J connectivity index is 2.16. The van der Waals surface area contributed by atoms with Crippen molar-refractivity contribution in [2.45, 2.75) is 19.4 Å². The third-order valence-electron chi connectivity index (χ3n) is 3.42. The number of benzene rings is 1. The molecule has 1 aliphatic rings. The van der Waals surface area contributed by atoms with Crippen LogP contribution in [-0.4, -0.2) is 31.2 Å². The predicted octanol–water partition coefficient (Wildman–Crippen LogP) is 4.02. The van der Waals surface area contributed by atoms with Crippen molar-refractivity contribution >= 4 is 35.0 Å². The first-order valence-electron chi connectivity index (χ1n) is 6.43. The van der Waals surface area contributed by atoms with Gasteiger partial charge in [-0.3, -0.25) is 0 Å². The third-order valence-corrected chi connectivity index (χ3v) is 4.58. The lowest BCUT2D eigenvalue weighted by Gasteiger charge is -2.25. The Morgan fingerprint density at radius 3 is 2.84 bits per heavy atom. The molecule has 0 aromatic heterocycles. The molecule has 0 bridgehead atoms. The minimum atomic E-state index is 0.197. The highest BCUT2D eigenvalue weighted by Gasteiger charge is 2.27. The summed E-state index contributed by atoms with van der Waals surface area (Å²) in [7, 11) is 0. The van der Waals surface area contributed by atoms with Crippen LogP contribution in [0.3, 0.4) is 0 Å². The highest BCUT2D eigenvalue weighted by Crippen LogP contribution is 2.34. The van der Waals surface area contributed by atoms with Crippen molar-refractivity contribution in [3.05, 3.63) is 27.7 Å². The van der Waals surface area contributed by atoms with Gasteiger partial charge in [0.15, 0.2) is 0 Å². The molecular formula is C14H19Cl2NOS. The maximum Gasteiger partial charge on any atom is 0.141 e. The number of nitrogens with one attached hydrogen (secondary N) is 1. The lowest BCUT2D eigenvalue weighted by atomic mass is 10.0. The maximum absolute atomic E-state index is 6.25. The maximum atomic E-state index is 6.25. The quantitative estimate of drug-likeness (QED) is 0.885. The number of hydrogen-bond acceptors (Lipinski definition) is 3. The van der Waals surface area contributed by atoms with Crippen LogP contribution in [0.25, 0.3) is 0 Å². The van der Waals surface area contributed by atoms with Crippen molar-refractivity contribution in [3.63, 3.8) is 0 Å². The molecule has 2 atom stereocenters. The van der Waals surface area contributed by atoms with Crippen molar-refractivity contribution in [2.75, 3.05) is 25.1 Å². The summed E-state index contributed by atoms with van der Waals surface area (Å²) < 4.78 is 6.20. The van der Waals surface area contributed by atoms with E-state index in [1.165, 1.54) is 0 Å². The van der Waals surface area contributed by atoms with Crippen LogP contribution in [0.4, 0.5) is 0 Å². The first-order chi connectivity index (χ1) is 9.11. The van der Waals surface area contributed by atoms with Gasteiger partial charge in [0, 0.05) is 23.2 Å². The normalized spacial score (nSPS) is 20.5. The number of rotatable bonds is 5. The van der Waals surface area contributed by atoms with Gasteiger partial charge in [-0.05, 0) is 43.8 Å². The van der Waals surface area contributed by atoms with E-state index in [0.29, 0.717) is 16.0 Å². The van der Waals surface area contributed by atoms with Crippen LogP contribution in [0.5, 0.6) is 5.75 Å². The molecule has 2 nitrogen and oxygen atoms in total. The van der Waals surface area contributed by atoms with Gasteiger partial charge in [-0.2, -0.15) is 11.8 Å². The molecule has 1 N–H and O–H groups in total. The van der Waals surface area contributed by atoms with E-state index in [2.05, 4.69) is 11.6 Å². The number of ether oxygens (including phenoxy) is 1. The molecular weight excluding hydrogens is 301 g/mol. The van der Waals surface area contributed by atoms with Crippen LogP contribution in [0, 0.1) is 12.8 Å². The summed E-state index contributed by atoms with van der Waals surface area (Å²) in [5, 5.41) is 4.64. The second-order valence-electron chi connectivity index (χ2n) is 4.90. The lowest BCUT2D eigenvalue weighted by molar-refractivity contribution is 0.164. The molecule has 0 aliphatic carbocycles. The summed E-state index contributed by atoms with van der Waals surface area (Å²) >= 11 is 14.1. The molecule has 5 heteroatoms. The monoisotopic (exact) mass is 319 g/mol. The minimum absolute atomic E-state index is 0.197. The Kier molecular flexibility index (Phi) is 5.70. The van der Waals surface area contributed by atoms with Gasteiger partial charge in [0.2, 0.25) is 0 Å². The summed E-state index contributed by atoms with van der Waals surface area (Å²) in [6.45, 7) is 4.08. The van der Waals surface area contributed by atoms with Gasteiger partial charge in [-0.25, -0.2) is 0 Å². The van der Waals surface area contributed by atoms with Crippen LogP contribution >= 0.6 is 35.0 Å². The summed E-state index contributed by atoms with van der Waals surface area (Å²) in [4.78, 5) is 0. The van der Waals surface area contributed by atoms with E-state index in [-0.39, 0.29) is 6.10 Å². The van der Waals surface area contributed by atoms with E-state index in [4.69, 9.17) is 27.9 Å². The molecule has 1 unspecified atom stereocenters. The van der Waals surface area contributed by atoms with E-state index in [0.717, 1.165) is 36.6 Å².